The largest absolute Gasteiger partial charge is 0.504 e. The second-order valence-corrected chi connectivity index (χ2v) is 6.20. The normalized spacial score (nSPS) is 17.7. The number of ether oxygens (including phenoxy) is 1. The zero-order valence-corrected chi connectivity index (χ0v) is 13.8. The lowest BCUT2D eigenvalue weighted by atomic mass is 9.99. The van der Waals surface area contributed by atoms with E-state index in [0.29, 0.717) is 5.75 Å². The molecule has 1 unspecified atom stereocenters. The first kappa shape index (κ1) is 15.6. The first-order valence-electron chi connectivity index (χ1n) is 8.12. The molecule has 0 radical (unpaired) electrons. The Morgan fingerprint density at radius 1 is 1.17 bits per heavy atom. The number of aryl methyl sites for hydroxylation is 1. The Morgan fingerprint density at radius 3 is 2.61 bits per heavy atom. The number of hydrogen-bond acceptors (Lipinski definition) is 2. The van der Waals surface area contributed by atoms with Crippen molar-refractivity contribution in [2.75, 3.05) is 20.2 Å². The molecule has 2 aromatic rings. The van der Waals surface area contributed by atoms with Crippen LogP contribution >= 0.6 is 0 Å². The molecule has 120 valence electrons. The van der Waals surface area contributed by atoms with Gasteiger partial charge in [-0.05, 0) is 41.8 Å². The van der Waals surface area contributed by atoms with E-state index in [1.54, 1.807) is 7.11 Å². The van der Waals surface area contributed by atoms with Gasteiger partial charge < -0.3 is 14.7 Å². The molecule has 0 amide bonds. The topological polar surface area (TPSA) is 33.9 Å². The third kappa shape index (κ3) is 3.57. The molecule has 1 atom stereocenters. The Hall–Kier alpha value is -2.26. The predicted molar refractivity (Wildman–Crippen MR) is 92.8 cm³/mol. The summed E-state index contributed by atoms with van der Waals surface area (Å²) in [4.78, 5) is 1.47. The van der Waals surface area contributed by atoms with Gasteiger partial charge in [-0.25, -0.2) is 0 Å². The highest BCUT2D eigenvalue weighted by molar-refractivity contribution is 5.65. The van der Waals surface area contributed by atoms with Crippen LogP contribution in [0.25, 0.3) is 5.57 Å². The van der Waals surface area contributed by atoms with Crippen molar-refractivity contribution < 1.29 is 14.7 Å². The number of rotatable bonds is 4. The lowest BCUT2D eigenvalue weighted by molar-refractivity contribution is -0.908. The van der Waals surface area contributed by atoms with Crippen LogP contribution in [-0.4, -0.2) is 25.3 Å². The molecule has 3 rings (SSSR count). The molecule has 1 heterocycles. The molecule has 0 saturated carbocycles. The van der Waals surface area contributed by atoms with E-state index in [1.165, 1.54) is 16.0 Å². The van der Waals surface area contributed by atoms with Gasteiger partial charge in [0.2, 0.25) is 0 Å². The van der Waals surface area contributed by atoms with Crippen LogP contribution in [0.5, 0.6) is 11.5 Å². The lowest BCUT2D eigenvalue weighted by Gasteiger charge is -2.24. The minimum absolute atomic E-state index is 0.281. The van der Waals surface area contributed by atoms with Crippen LogP contribution in [-0.2, 0) is 6.54 Å². The van der Waals surface area contributed by atoms with Crippen LogP contribution in [0.2, 0.25) is 0 Å². The number of phenols is 1. The molecule has 3 nitrogen and oxygen atoms in total. The third-order valence-corrected chi connectivity index (χ3v) is 4.49. The van der Waals surface area contributed by atoms with Crippen molar-refractivity contribution in [3.63, 3.8) is 0 Å². The highest BCUT2D eigenvalue weighted by Gasteiger charge is 2.19. The van der Waals surface area contributed by atoms with Crippen LogP contribution in [0.4, 0.5) is 0 Å². The van der Waals surface area contributed by atoms with Gasteiger partial charge in [0, 0.05) is 6.42 Å². The average Bonchev–Trinajstić information content (AvgIpc) is 2.59. The Morgan fingerprint density at radius 2 is 1.96 bits per heavy atom. The summed E-state index contributed by atoms with van der Waals surface area (Å²) < 4.78 is 5.26. The van der Waals surface area contributed by atoms with Gasteiger partial charge in [-0.1, -0.05) is 30.3 Å². The van der Waals surface area contributed by atoms with E-state index < -0.39 is 0 Å². The quantitative estimate of drug-likeness (QED) is 0.910. The van der Waals surface area contributed by atoms with Crippen LogP contribution in [0.15, 0.2) is 48.5 Å². The maximum Gasteiger partial charge on any atom is 0.166 e. The van der Waals surface area contributed by atoms with Crippen LogP contribution < -0.4 is 9.64 Å². The molecule has 2 N–H and O–H groups in total. The fourth-order valence-electron chi connectivity index (χ4n) is 3.24. The first-order valence-corrected chi connectivity index (χ1v) is 8.12. The van der Waals surface area contributed by atoms with Crippen molar-refractivity contribution in [2.45, 2.75) is 19.9 Å². The van der Waals surface area contributed by atoms with Gasteiger partial charge in [-0.15, -0.1) is 0 Å². The summed E-state index contributed by atoms with van der Waals surface area (Å²) in [5.74, 6) is 0.848. The van der Waals surface area contributed by atoms with Crippen LogP contribution in [0.3, 0.4) is 0 Å². The van der Waals surface area contributed by atoms with Crippen molar-refractivity contribution in [1.29, 1.82) is 0 Å². The van der Waals surface area contributed by atoms with Gasteiger partial charge in [0.25, 0.3) is 0 Å². The molecule has 1 aliphatic rings. The first-order chi connectivity index (χ1) is 11.2. The molecule has 2 aromatic carbocycles. The lowest BCUT2D eigenvalue weighted by Crippen LogP contribution is -3.11. The molecule has 0 saturated heterocycles. The second kappa shape index (κ2) is 6.88. The van der Waals surface area contributed by atoms with E-state index in [2.05, 4.69) is 42.5 Å². The molecule has 3 heteroatoms. The van der Waals surface area contributed by atoms with Gasteiger partial charge in [0.1, 0.15) is 6.54 Å². The summed E-state index contributed by atoms with van der Waals surface area (Å²) in [6.07, 6.45) is 3.40. The number of aromatic hydroxyl groups is 1. The summed E-state index contributed by atoms with van der Waals surface area (Å²) in [5.41, 5.74) is 4.84. The van der Waals surface area contributed by atoms with Crippen molar-refractivity contribution in [3.05, 3.63) is 65.2 Å². The summed E-state index contributed by atoms with van der Waals surface area (Å²) >= 11 is 0. The van der Waals surface area contributed by atoms with Crippen LogP contribution in [0.1, 0.15) is 23.1 Å². The molecular weight excluding hydrogens is 286 g/mol. The van der Waals surface area contributed by atoms with Gasteiger partial charge in [0.15, 0.2) is 11.5 Å². The molecule has 0 bridgehead atoms. The number of methoxy groups -OCH3 is 1. The summed E-state index contributed by atoms with van der Waals surface area (Å²) in [6, 6.07) is 14.5. The number of quaternary nitrogens is 1. The van der Waals surface area contributed by atoms with Gasteiger partial charge in [-0.2, -0.15) is 0 Å². The van der Waals surface area contributed by atoms with Gasteiger partial charge in [-0.3, -0.25) is 0 Å². The van der Waals surface area contributed by atoms with Crippen molar-refractivity contribution in [3.8, 4) is 11.5 Å². The minimum atomic E-state index is 0.281. The van der Waals surface area contributed by atoms with Crippen molar-refractivity contribution in [2.24, 2.45) is 0 Å². The molecule has 1 aliphatic heterocycles. The number of phenolic OH excluding ortho intramolecular Hbond substituents is 1. The average molecular weight is 310 g/mol. The SMILES string of the molecule is COc1cc(C)cc(C[NH+]2CC=C(c3ccccc3)CC2)c1O. The maximum atomic E-state index is 10.3. The molecule has 0 fully saturated rings. The Bertz CT molecular complexity index is 707. The molecule has 23 heavy (non-hydrogen) atoms. The van der Waals surface area contributed by atoms with Crippen molar-refractivity contribution in [1.82, 2.24) is 0 Å². The van der Waals surface area contributed by atoms with Gasteiger partial charge in [0.05, 0.1) is 25.8 Å². The highest BCUT2D eigenvalue weighted by Crippen LogP contribution is 2.30. The molecule has 0 spiro atoms. The predicted octanol–water partition coefficient (Wildman–Crippen LogP) is 2.58. The standard InChI is InChI=1S/C20H23NO2/c1-15-12-18(20(22)19(13-15)23-2)14-21-10-8-17(9-11-21)16-6-4-3-5-7-16/h3-8,12-13,22H,9-11,14H2,1-2H3/p+1. The van der Waals surface area contributed by atoms with E-state index in [9.17, 15) is 5.11 Å². The van der Waals surface area contributed by atoms with Crippen molar-refractivity contribution >= 4 is 5.57 Å². The fraction of sp³-hybridized carbons (Fsp3) is 0.300. The molecule has 0 aromatic heterocycles. The van der Waals surface area contributed by atoms with E-state index >= 15 is 0 Å². The second-order valence-electron chi connectivity index (χ2n) is 6.20. The highest BCUT2D eigenvalue weighted by atomic mass is 16.5. The molecular formula is C20H24NO2+. The van der Waals surface area contributed by atoms with E-state index in [-0.39, 0.29) is 5.75 Å². The summed E-state index contributed by atoms with van der Waals surface area (Å²) in [6.45, 7) is 4.92. The number of nitrogens with one attached hydrogen (secondary N) is 1. The fourth-order valence-corrected chi connectivity index (χ4v) is 3.24. The number of benzene rings is 2. The van der Waals surface area contributed by atoms with Crippen LogP contribution in [0, 0.1) is 6.92 Å². The number of hydrogen-bond donors (Lipinski definition) is 2. The monoisotopic (exact) mass is 310 g/mol. The molecule has 0 aliphatic carbocycles. The zero-order chi connectivity index (χ0) is 16.2. The summed E-state index contributed by atoms with van der Waals surface area (Å²) in [5, 5.41) is 10.3. The van der Waals surface area contributed by atoms with E-state index in [1.807, 2.05) is 13.0 Å². The van der Waals surface area contributed by atoms with Gasteiger partial charge >= 0.3 is 0 Å². The zero-order valence-electron chi connectivity index (χ0n) is 13.8. The Labute approximate surface area is 137 Å². The van der Waals surface area contributed by atoms with E-state index in [4.69, 9.17) is 4.74 Å². The minimum Gasteiger partial charge on any atom is -0.504 e. The Balaban J connectivity index is 1.72. The maximum absolute atomic E-state index is 10.3. The third-order valence-electron chi connectivity index (χ3n) is 4.49. The Kier molecular flexibility index (Phi) is 4.68. The van der Waals surface area contributed by atoms with E-state index in [0.717, 1.165) is 37.2 Å². The summed E-state index contributed by atoms with van der Waals surface area (Å²) in [7, 11) is 1.60. The smallest absolute Gasteiger partial charge is 0.166 e.